The minimum Gasteiger partial charge on any atom is -0.366 e. The molecule has 1 aliphatic rings. The average Bonchev–Trinajstić information content (AvgIpc) is 2.33. The van der Waals surface area contributed by atoms with Crippen LogP contribution in [0.5, 0.6) is 0 Å². The van der Waals surface area contributed by atoms with E-state index in [4.69, 9.17) is 0 Å². The standard InChI is InChI=1S/C13H20N2O2S/c1-3-15(12-9-14-10-12)11-5-7-13(8-6-11)18(16,17)4-2/h5-8,12,14H,3-4,9-10H2,1-2H3. The van der Waals surface area contributed by atoms with Crippen LogP contribution in [0.4, 0.5) is 5.69 Å². The van der Waals surface area contributed by atoms with Crippen LogP contribution in [0.1, 0.15) is 13.8 Å². The van der Waals surface area contributed by atoms with Crippen LogP contribution in [0.15, 0.2) is 29.2 Å². The molecular formula is C13H20N2O2S. The molecule has 1 aromatic rings. The normalized spacial score (nSPS) is 16.3. The molecule has 1 saturated heterocycles. The number of rotatable bonds is 5. The van der Waals surface area contributed by atoms with Crippen molar-refractivity contribution in [2.24, 2.45) is 0 Å². The Labute approximate surface area is 109 Å². The van der Waals surface area contributed by atoms with Crippen LogP contribution in [-0.4, -0.2) is 39.8 Å². The summed E-state index contributed by atoms with van der Waals surface area (Å²) in [6.07, 6.45) is 0. The zero-order chi connectivity index (χ0) is 13.2. The Morgan fingerprint density at radius 2 is 1.83 bits per heavy atom. The number of nitrogens with one attached hydrogen (secondary N) is 1. The van der Waals surface area contributed by atoms with Gasteiger partial charge in [-0.3, -0.25) is 0 Å². The molecule has 4 nitrogen and oxygen atoms in total. The van der Waals surface area contributed by atoms with E-state index in [2.05, 4.69) is 17.1 Å². The number of hydrogen-bond acceptors (Lipinski definition) is 4. The van der Waals surface area contributed by atoms with Gasteiger partial charge in [0.25, 0.3) is 0 Å². The van der Waals surface area contributed by atoms with E-state index in [0.717, 1.165) is 25.3 Å². The first-order chi connectivity index (χ1) is 8.58. The second-order valence-corrected chi connectivity index (χ2v) is 6.77. The maximum Gasteiger partial charge on any atom is 0.178 e. The smallest absolute Gasteiger partial charge is 0.178 e. The van der Waals surface area contributed by atoms with Crippen LogP contribution >= 0.6 is 0 Å². The Hall–Kier alpha value is -1.07. The third-order valence-corrected chi connectivity index (χ3v) is 5.20. The topological polar surface area (TPSA) is 49.4 Å². The maximum atomic E-state index is 11.7. The Kier molecular flexibility index (Phi) is 3.92. The fourth-order valence-corrected chi connectivity index (χ4v) is 3.04. The van der Waals surface area contributed by atoms with Crippen LogP contribution in [-0.2, 0) is 9.84 Å². The van der Waals surface area contributed by atoms with Crippen LogP contribution in [0.2, 0.25) is 0 Å². The lowest BCUT2D eigenvalue weighted by Gasteiger charge is -2.39. The lowest BCUT2D eigenvalue weighted by Crippen LogP contribution is -2.57. The first-order valence-electron chi connectivity index (χ1n) is 6.38. The molecule has 0 aromatic heterocycles. The number of sulfone groups is 1. The molecule has 1 aliphatic heterocycles. The van der Waals surface area contributed by atoms with Gasteiger partial charge in [-0.25, -0.2) is 8.42 Å². The summed E-state index contributed by atoms with van der Waals surface area (Å²) in [5.74, 6) is 0.149. The van der Waals surface area contributed by atoms with Crippen molar-refractivity contribution in [3.8, 4) is 0 Å². The second-order valence-electron chi connectivity index (χ2n) is 4.50. The summed E-state index contributed by atoms with van der Waals surface area (Å²) >= 11 is 0. The highest BCUT2D eigenvalue weighted by atomic mass is 32.2. The Morgan fingerprint density at radius 3 is 2.22 bits per heavy atom. The monoisotopic (exact) mass is 268 g/mol. The third kappa shape index (κ3) is 2.52. The molecule has 0 atom stereocenters. The van der Waals surface area contributed by atoms with E-state index in [1.807, 2.05) is 12.1 Å². The molecule has 1 aromatic carbocycles. The van der Waals surface area contributed by atoms with Crippen LogP contribution in [0, 0.1) is 0 Å². The minimum absolute atomic E-state index is 0.149. The highest BCUT2D eigenvalue weighted by Gasteiger charge is 2.23. The van der Waals surface area contributed by atoms with Gasteiger partial charge in [-0.2, -0.15) is 0 Å². The highest BCUT2D eigenvalue weighted by Crippen LogP contribution is 2.21. The van der Waals surface area contributed by atoms with Gasteiger partial charge in [0.1, 0.15) is 0 Å². The fourth-order valence-electron chi connectivity index (χ4n) is 2.16. The number of nitrogens with zero attached hydrogens (tertiary/aromatic N) is 1. The van der Waals surface area contributed by atoms with Crippen molar-refractivity contribution >= 4 is 15.5 Å². The first kappa shape index (κ1) is 13.4. The molecule has 1 fully saturated rings. The molecule has 5 heteroatoms. The summed E-state index contributed by atoms with van der Waals surface area (Å²) in [5, 5.41) is 3.25. The highest BCUT2D eigenvalue weighted by molar-refractivity contribution is 7.91. The van der Waals surface area contributed by atoms with Crippen LogP contribution in [0.25, 0.3) is 0 Å². The lowest BCUT2D eigenvalue weighted by molar-refractivity contribution is 0.417. The molecule has 0 aliphatic carbocycles. The van der Waals surface area contributed by atoms with Crippen LogP contribution < -0.4 is 10.2 Å². The first-order valence-corrected chi connectivity index (χ1v) is 8.04. The minimum atomic E-state index is -3.09. The van der Waals surface area contributed by atoms with Gasteiger partial charge >= 0.3 is 0 Å². The van der Waals surface area contributed by atoms with Crippen LogP contribution in [0.3, 0.4) is 0 Å². The molecule has 0 saturated carbocycles. The Balaban J connectivity index is 2.21. The molecule has 0 radical (unpaired) electrons. The van der Waals surface area contributed by atoms with Gasteiger partial charge in [0.05, 0.1) is 16.7 Å². The van der Waals surface area contributed by atoms with Gasteiger partial charge in [0.15, 0.2) is 9.84 Å². The van der Waals surface area contributed by atoms with Gasteiger partial charge in [0.2, 0.25) is 0 Å². The maximum absolute atomic E-state index is 11.7. The molecule has 2 rings (SSSR count). The van der Waals surface area contributed by atoms with Gasteiger partial charge in [-0.05, 0) is 31.2 Å². The Bertz CT molecular complexity index is 492. The van der Waals surface area contributed by atoms with E-state index < -0.39 is 9.84 Å². The van der Waals surface area contributed by atoms with Crippen molar-refractivity contribution < 1.29 is 8.42 Å². The van der Waals surface area contributed by atoms with Gasteiger partial charge in [0, 0.05) is 25.3 Å². The third-order valence-electron chi connectivity index (χ3n) is 3.45. The predicted molar refractivity (Wildman–Crippen MR) is 73.8 cm³/mol. The van der Waals surface area contributed by atoms with E-state index >= 15 is 0 Å². The van der Waals surface area contributed by atoms with Gasteiger partial charge in [-0.1, -0.05) is 6.92 Å². The summed E-state index contributed by atoms with van der Waals surface area (Å²) in [6.45, 7) is 6.73. The summed E-state index contributed by atoms with van der Waals surface area (Å²) in [6, 6.07) is 7.77. The average molecular weight is 268 g/mol. The molecule has 1 heterocycles. The number of hydrogen-bond donors (Lipinski definition) is 1. The quantitative estimate of drug-likeness (QED) is 0.874. The van der Waals surface area contributed by atoms with Crippen molar-refractivity contribution in [1.82, 2.24) is 5.32 Å². The number of anilines is 1. The van der Waals surface area contributed by atoms with Crippen molar-refractivity contribution in [3.05, 3.63) is 24.3 Å². The SMILES string of the molecule is CCN(c1ccc(S(=O)(=O)CC)cc1)C1CNC1. The molecule has 0 spiro atoms. The fraction of sp³-hybridized carbons (Fsp3) is 0.538. The van der Waals surface area contributed by atoms with E-state index in [-0.39, 0.29) is 5.75 Å². The molecule has 18 heavy (non-hydrogen) atoms. The summed E-state index contributed by atoms with van der Waals surface area (Å²) < 4.78 is 23.5. The predicted octanol–water partition coefficient (Wildman–Crippen LogP) is 1.28. The lowest BCUT2D eigenvalue weighted by atomic mass is 10.1. The zero-order valence-electron chi connectivity index (χ0n) is 10.9. The largest absolute Gasteiger partial charge is 0.366 e. The molecule has 1 N–H and O–H groups in total. The van der Waals surface area contributed by atoms with Crippen molar-refractivity contribution in [1.29, 1.82) is 0 Å². The molecule has 0 unspecified atom stereocenters. The summed E-state index contributed by atoms with van der Waals surface area (Å²) in [7, 11) is -3.09. The summed E-state index contributed by atoms with van der Waals surface area (Å²) in [5.41, 5.74) is 1.10. The van der Waals surface area contributed by atoms with Gasteiger partial charge in [-0.15, -0.1) is 0 Å². The van der Waals surface area contributed by atoms with Gasteiger partial charge < -0.3 is 10.2 Å². The van der Waals surface area contributed by atoms with E-state index in [1.54, 1.807) is 19.1 Å². The van der Waals surface area contributed by atoms with Crippen molar-refractivity contribution in [3.63, 3.8) is 0 Å². The van der Waals surface area contributed by atoms with E-state index in [9.17, 15) is 8.42 Å². The zero-order valence-corrected chi connectivity index (χ0v) is 11.7. The summed E-state index contributed by atoms with van der Waals surface area (Å²) in [4.78, 5) is 2.72. The molecule has 0 bridgehead atoms. The number of benzene rings is 1. The number of likely N-dealkylation sites (N-methyl/N-ethyl adjacent to an activating group) is 1. The van der Waals surface area contributed by atoms with Crippen molar-refractivity contribution in [2.75, 3.05) is 30.3 Å². The molecule has 100 valence electrons. The Morgan fingerprint density at radius 1 is 1.22 bits per heavy atom. The van der Waals surface area contributed by atoms with E-state index in [0.29, 0.717) is 10.9 Å². The second kappa shape index (κ2) is 5.28. The molecule has 0 amide bonds. The van der Waals surface area contributed by atoms with Crippen molar-refractivity contribution in [2.45, 2.75) is 24.8 Å². The van der Waals surface area contributed by atoms with E-state index in [1.165, 1.54) is 0 Å². The molecular weight excluding hydrogens is 248 g/mol.